The lowest BCUT2D eigenvalue weighted by Gasteiger charge is -2.29. The first-order valence-electron chi connectivity index (χ1n) is 6.66. The third-order valence-electron chi connectivity index (χ3n) is 3.87. The summed E-state index contributed by atoms with van der Waals surface area (Å²) in [5.74, 6) is -0.318. The fourth-order valence-electron chi connectivity index (χ4n) is 2.57. The molecule has 2 aliphatic heterocycles. The summed E-state index contributed by atoms with van der Waals surface area (Å²) < 4.78 is 5.33. The van der Waals surface area contributed by atoms with Gasteiger partial charge in [-0.3, -0.25) is 10.1 Å². The molecule has 0 bridgehead atoms. The molecule has 2 aliphatic rings. The van der Waals surface area contributed by atoms with E-state index in [0.717, 1.165) is 37.6 Å². The van der Waals surface area contributed by atoms with Crippen molar-refractivity contribution in [1.29, 1.82) is 0 Å². The molecule has 1 aromatic carbocycles. The van der Waals surface area contributed by atoms with Crippen molar-refractivity contribution in [2.45, 2.75) is 12.5 Å². The molecule has 0 aliphatic carbocycles. The van der Waals surface area contributed by atoms with Gasteiger partial charge in [-0.25, -0.2) is 4.79 Å². The van der Waals surface area contributed by atoms with Crippen LogP contribution in [0.3, 0.4) is 0 Å². The van der Waals surface area contributed by atoms with Crippen LogP contribution in [-0.4, -0.2) is 38.2 Å². The van der Waals surface area contributed by atoms with E-state index in [2.05, 4.69) is 15.5 Å². The third-order valence-corrected chi connectivity index (χ3v) is 3.87. The van der Waals surface area contributed by atoms with Crippen LogP contribution in [0.25, 0.3) is 0 Å². The van der Waals surface area contributed by atoms with Gasteiger partial charge in [-0.1, -0.05) is 12.1 Å². The minimum absolute atomic E-state index is 0.318. The number of nitrogens with one attached hydrogen (secondary N) is 2. The average Bonchev–Trinajstić information content (AvgIpc) is 2.74. The number of amides is 3. The zero-order valence-electron chi connectivity index (χ0n) is 11.3. The number of urea groups is 1. The number of hydrogen-bond donors (Lipinski definition) is 2. The molecule has 2 fully saturated rings. The van der Waals surface area contributed by atoms with E-state index < -0.39 is 11.6 Å². The smallest absolute Gasteiger partial charge is 0.322 e. The maximum Gasteiger partial charge on any atom is 0.322 e. The van der Waals surface area contributed by atoms with Gasteiger partial charge in [0.1, 0.15) is 5.54 Å². The van der Waals surface area contributed by atoms with Gasteiger partial charge in [0.25, 0.3) is 5.91 Å². The number of hydrogen-bond acceptors (Lipinski definition) is 4. The lowest BCUT2D eigenvalue weighted by Crippen LogP contribution is -2.40. The van der Waals surface area contributed by atoms with Crippen molar-refractivity contribution >= 4 is 17.6 Å². The van der Waals surface area contributed by atoms with Crippen molar-refractivity contribution in [2.75, 3.05) is 31.2 Å². The SMILES string of the molecule is CC1(c2ccc(N3CCOCC3)cc2)NC(=O)NC1=O. The molecule has 0 aromatic heterocycles. The van der Waals surface area contributed by atoms with Crippen LogP contribution in [0.2, 0.25) is 0 Å². The van der Waals surface area contributed by atoms with Crippen LogP contribution in [0, 0.1) is 0 Å². The zero-order chi connectivity index (χ0) is 14.2. The Morgan fingerprint density at radius 3 is 2.35 bits per heavy atom. The molecule has 1 aromatic rings. The fourth-order valence-corrected chi connectivity index (χ4v) is 2.57. The van der Waals surface area contributed by atoms with E-state index in [1.165, 1.54) is 0 Å². The van der Waals surface area contributed by atoms with E-state index >= 15 is 0 Å². The maximum absolute atomic E-state index is 11.9. The highest BCUT2D eigenvalue weighted by atomic mass is 16.5. The molecule has 6 nitrogen and oxygen atoms in total. The quantitative estimate of drug-likeness (QED) is 0.775. The Balaban J connectivity index is 1.82. The number of ether oxygens (including phenoxy) is 1. The largest absolute Gasteiger partial charge is 0.378 e. The van der Waals surface area contributed by atoms with Crippen LogP contribution in [-0.2, 0) is 15.1 Å². The number of nitrogens with zero attached hydrogens (tertiary/aromatic N) is 1. The molecule has 3 amide bonds. The number of carbonyl (C=O) groups excluding carboxylic acids is 2. The van der Waals surface area contributed by atoms with Crippen LogP contribution < -0.4 is 15.5 Å². The number of carbonyl (C=O) groups is 2. The summed E-state index contributed by atoms with van der Waals surface area (Å²) in [7, 11) is 0. The average molecular weight is 275 g/mol. The summed E-state index contributed by atoms with van der Waals surface area (Å²) >= 11 is 0. The van der Waals surface area contributed by atoms with E-state index in [1.807, 2.05) is 24.3 Å². The standard InChI is InChI=1S/C14H17N3O3/c1-14(12(18)15-13(19)16-14)10-2-4-11(5-3-10)17-6-8-20-9-7-17/h2-5H,6-9H2,1H3,(H2,15,16,18,19). The lowest BCUT2D eigenvalue weighted by molar-refractivity contribution is -0.123. The number of rotatable bonds is 2. The van der Waals surface area contributed by atoms with Gasteiger partial charge in [-0.2, -0.15) is 0 Å². The van der Waals surface area contributed by atoms with E-state index in [4.69, 9.17) is 4.74 Å². The van der Waals surface area contributed by atoms with Crippen molar-refractivity contribution in [3.63, 3.8) is 0 Å². The summed E-state index contributed by atoms with van der Waals surface area (Å²) in [5, 5.41) is 4.93. The molecule has 0 spiro atoms. The van der Waals surface area contributed by atoms with Crippen LogP contribution in [0.1, 0.15) is 12.5 Å². The molecular weight excluding hydrogens is 258 g/mol. The Morgan fingerprint density at radius 1 is 1.15 bits per heavy atom. The molecule has 0 saturated carbocycles. The number of imide groups is 1. The summed E-state index contributed by atoms with van der Waals surface area (Å²) in [6, 6.07) is 7.27. The van der Waals surface area contributed by atoms with Gasteiger partial charge in [0.2, 0.25) is 0 Å². The van der Waals surface area contributed by atoms with Crippen LogP contribution in [0.4, 0.5) is 10.5 Å². The Kier molecular flexibility index (Phi) is 3.10. The van der Waals surface area contributed by atoms with Gasteiger partial charge in [0.15, 0.2) is 0 Å². The van der Waals surface area contributed by atoms with Gasteiger partial charge >= 0.3 is 6.03 Å². The number of anilines is 1. The first-order valence-corrected chi connectivity index (χ1v) is 6.66. The summed E-state index contributed by atoms with van der Waals surface area (Å²) in [6.07, 6.45) is 0. The second-order valence-corrected chi connectivity index (χ2v) is 5.18. The van der Waals surface area contributed by atoms with Gasteiger partial charge in [0.05, 0.1) is 13.2 Å². The lowest BCUT2D eigenvalue weighted by atomic mass is 9.92. The predicted molar refractivity (Wildman–Crippen MR) is 73.5 cm³/mol. The molecule has 6 heteroatoms. The first-order chi connectivity index (χ1) is 9.59. The second-order valence-electron chi connectivity index (χ2n) is 5.18. The van der Waals surface area contributed by atoms with Gasteiger partial charge in [-0.15, -0.1) is 0 Å². The van der Waals surface area contributed by atoms with Crippen LogP contribution in [0.5, 0.6) is 0 Å². The Morgan fingerprint density at radius 2 is 1.80 bits per heavy atom. The van der Waals surface area contributed by atoms with Gasteiger partial charge in [0, 0.05) is 18.8 Å². The van der Waals surface area contributed by atoms with Crippen LogP contribution >= 0.6 is 0 Å². The molecule has 20 heavy (non-hydrogen) atoms. The van der Waals surface area contributed by atoms with E-state index in [0.29, 0.717) is 0 Å². The van der Waals surface area contributed by atoms with E-state index in [9.17, 15) is 9.59 Å². The third kappa shape index (κ3) is 2.12. The van der Waals surface area contributed by atoms with Crippen molar-refractivity contribution < 1.29 is 14.3 Å². The van der Waals surface area contributed by atoms with Crippen molar-refractivity contribution in [1.82, 2.24) is 10.6 Å². The maximum atomic E-state index is 11.9. The first kappa shape index (κ1) is 12.9. The number of morpholine rings is 1. The van der Waals surface area contributed by atoms with Crippen LogP contribution in [0.15, 0.2) is 24.3 Å². The van der Waals surface area contributed by atoms with Gasteiger partial charge < -0.3 is 15.0 Å². The highest BCUT2D eigenvalue weighted by molar-refractivity contribution is 6.07. The fraction of sp³-hybridized carbons (Fsp3) is 0.429. The Hall–Kier alpha value is -2.08. The predicted octanol–water partition coefficient (Wildman–Crippen LogP) is 0.578. The van der Waals surface area contributed by atoms with Crippen molar-refractivity contribution in [2.24, 2.45) is 0 Å². The van der Waals surface area contributed by atoms with E-state index in [-0.39, 0.29) is 5.91 Å². The minimum Gasteiger partial charge on any atom is -0.378 e. The normalized spacial score (nSPS) is 26.4. The van der Waals surface area contributed by atoms with Crippen molar-refractivity contribution in [3.05, 3.63) is 29.8 Å². The highest BCUT2D eigenvalue weighted by Crippen LogP contribution is 2.26. The molecule has 1 atom stereocenters. The summed E-state index contributed by atoms with van der Waals surface area (Å²) in [4.78, 5) is 25.4. The van der Waals surface area contributed by atoms with E-state index in [1.54, 1.807) is 6.92 Å². The molecular formula is C14H17N3O3. The molecule has 106 valence electrons. The molecule has 2 heterocycles. The molecule has 1 unspecified atom stereocenters. The zero-order valence-corrected chi connectivity index (χ0v) is 11.3. The van der Waals surface area contributed by atoms with Crippen molar-refractivity contribution in [3.8, 4) is 0 Å². The Bertz CT molecular complexity index is 537. The highest BCUT2D eigenvalue weighted by Gasteiger charge is 2.43. The minimum atomic E-state index is -0.985. The second kappa shape index (κ2) is 4.79. The van der Waals surface area contributed by atoms with Gasteiger partial charge in [-0.05, 0) is 24.6 Å². The molecule has 2 saturated heterocycles. The molecule has 2 N–H and O–H groups in total. The topological polar surface area (TPSA) is 70.7 Å². The number of benzene rings is 1. The molecule has 3 rings (SSSR count). The molecule has 0 radical (unpaired) electrons. The summed E-state index contributed by atoms with van der Waals surface area (Å²) in [5.41, 5.74) is 0.893. The summed E-state index contributed by atoms with van der Waals surface area (Å²) in [6.45, 7) is 4.91. The monoisotopic (exact) mass is 275 g/mol. The Labute approximate surface area is 117 Å².